The highest BCUT2D eigenvalue weighted by molar-refractivity contribution is 6.00. The molecule has 1 heterocycles. The van der Waals surface area contributed by atoms with Gasteiger partial charge in [0.05, 0.1) is 20.1 Å². The Kier molecular flexibility index (Phi) is 6.01. The smallest absolute Gasteiger partial charge is 0.330 e. The number of carbonyl (C=O) groups is 3. The number of ether oxygens (including phenoxy) is 2. The van der Waals surface area contributed by atoms with Gasteiger partial charge in [0.15, 0.2) is 6.04 Å². The summed E-state index contributed by atoms with van der Waals surface area (Å²) in [5, 5.41) is 12.1. The molecule has 8 nitrogen and oxygen atoms in total. The second-order valence-electron chi connectivity index (χ2n) is 6.66. The molecule has 2 unspecified atom stereocenters. The van der Waals surface area contributed by atoms with Crippen molar-refractivity contribution in [1.82, 2.24) is 5.32 Å². The molecule has 0 saturated carbocycles. The van der Waals surface area contributed by atoms with Crippen LogP contribution >= 0.6 is 0 Å². The molecule has 2 aromatic carbocycles. The van der Waals surface area contributed by atoms with E-state index in [0.717, 1.165) is 0 Å². The Bertz CT molecular complexity index is 894. The molecule has 8 heteroatoms. The van der Waals surface area contributed by atoms with Crippen LogP contribution in [0.3, 0.4) is 0 Å². The van der Waals surface area contributed by atoms with Crippen molar-refractivity contribution in [2.45, 2.75) is 12.5 Å². The van der Waals surface area contributed by atoms with Crippen LogP contribution in [-0.2, 0) is 14.4 Å². The third-order valence-corrected chi connectivity index (χ3v) is 4.86. The molecule has 29 heavy (non-hydrogen) atoms. The third kappa shape index (κ3) is 4.48. The van der Waals surface area contributed by atoms with Gasteiger partial charge in [-0.15, -0.1) is 0 Å². The molecule has 1 aliphatic heterocycles. The SMILES string of the molecule is COc1ccc(C(NC(=O)C2CC(=O)N(c3ccc(OC)cc3)C2)C(=O)O)cc1. The number of amides is 2. The number of methoxy groups -OCH3 is 2. The van der Waals surface area contributed by atoms with Crippen LogP contribution in [0, 0.1) is 5.92 Å². The minimum absolute atomic E-state index is 0.0206. The fraction of sp³-hybridized carbons (Fsp3) is 0.286. The van der Waals surface area contributed by atoms with E-state index in [4.69, 9.17) is 9.47 Å². The number of carbonyl (C=O) groups excluding carboxylic acids is 2. The van der Waals surface area contributed by atoms with E-state index in [1.807, 2.05) is 0 Å². The second kappa shape index (κ2) is 8.64. The monoisotopic (exact) mass is 398 g/mol. The third-order valence-electron chi connectivity index (χ3n) is 4.86. The Morgan fingerprint density at radius 3 is 2.10 bits per heavy atom. The molecule has 152 valence electrons. The lowest BCUT2D eigenvalue weighted by atomic mass is 10.0. The van der Waals surface area contributed by atoms with Crippen LogP contribution in [0.25, 0.3) is 0 Å². The molecule has 1 saturated heterocycles. The van der Waals surface area contributed by atoms with Crippen LogP contribution < -0.4 is 19.7 Å². The molecule has 1 aliphatic rings. The molecule has 0 aromatic heterocycles. The number of carboxylic acid groups (broad SMARTS) is 1. The highest BCUT2D eigenvalue weighted by atomic mass is 16.5. The van der Waals surface area contributed by atoms with Crippen LogP contribution in [0.15, 0.2) is 48.5 Å². The summed E-state index contributed by atoms with van der Waals surface area (Å²) in [6.45, 7) is 0.186. The Hall–Kier alpha value is -3.55. The molecule has 2 atom stereocenters. The minimum Gasteiger partial charge on any atom is -0.497 e. The van der Waals surface area contributed by atoms with Crippen molar-refractivity contribution in [3.05, 3.63) is 54.1 Å². The van der Waals surface area contributed by atoms with Gasteiger partial charge in [-0.2, -0.15) is 0 Å². The number of carboxylic acids is 1. The zero-order valence-corrected chi connectivity index (χ0v) is 16.1. The van der Waals surface area contributed by atoms with Gasteiger partial charge < -0.3 is 24.8 Å². The first-order valence-electron chi connectivity index (χ1n) is 9.04. The highest BCUT2D eigenvalue weighted by Crippen LogP contribution is 2.27. The molecule has 1 fully saturated rings. The van der Waals surface area contributed by atoms with E-state index < -0.39 is 23.8 Å². The Balaban J connectivity index is 1.70. The minimum atomic E-state index is -1.21. The summed E-state index contributed by atoms with van der Waals surface area (Å²) in [5.74, 6) is -1.23. The fourth-order valence-corrected chi connectivity index (χ4v) is 3.24. The lowest BCUT2D eigenvalue weighted by molar-refractivity contribution is -0.142. The first kappa shape index (κ1) is 20.2. The van der Waals surface area contributed by atoms with Crippen LogP contribution in [0.1, 0.15) is 18.0 Å². The number of rotatable bonds is 7. The van der Waals surface area contributed by atoms with E-state index in [1.165, 1.54) is 12.0 Å². The zero-order chi connectivity index (χ0) is 21.0. The Labute approximate surface area is 168 Å². The highest BCUT2D eigenvalue weighted by Gasteiger charge is 2.36. The predicted octanol–water partition coefficient (Wildman–Crippen LogP) is 2.00. The van der Waals surface area contributed by atoms with Crippen molar-refractivity contribution >= 4 is 23.5 Å². The Morgan fingerprint density at radius 1 is 1.03 bits per heavy atom. The summed E-state index contributed by atoms with van der Waals surface area (Å²) in [6, 6.07) is 12.2. The van der Waals surface area contributed by atoms with Gasteiger partial charge in [-0.05, 0) is 42.0 Å². The summed E-state index contributed by atoms with van der Waals surface area (Å²) in [5.41, 5.74) is 1.08. The maximum atomic E-state index is 12.7. The largest absolute Gasteiger partial charge is 0.497 e. The molecule has 0 bridgehead atoms. The van der Waals surface area contributed by atoms with Crippen molar-refractivity contribution in [2.24, 2.45) is 5.92 Å². The van der Waals surface area contributed by atoms with Crippen molar-refractivity contribution in [3.8, 4) is 11.5 Å². The summed E-state index contributed by atoms with van der Waals surface area (Å²) in [7, 11) is 3.06. The van der Waals surface area contributed by atoms with E-state index in [2.05, 4.69) is 5.32 Å². The van der Waals surface area contributed by atoms with E-state index in [1.54, 1.807) is 55.6 Å². The molecule has 2 amide bonds. The van der Waals surface area contributed by atoms with E-state index in [9.17, 15) is 19.5 Å². The maximum absolute atomic E-state index is 12.7. The normalized spacial score (nSPS) is 17.0. The van der Waals surface area contributed by atoms with Gasteiger partial charge >= 0.3 is 5.97 Å². The quantitative estimate of drug-likeness (QED) is 0.739. The van der Waals surface area contributed by atoms with Gasteiger partial charge in [0.25, 0.3) is 0 Å². The maximum Gasteiger partial charge on any atom is 0.330 e. The molecular weight excluding hydrogens is 376 g/mol. The average molecular weight is 398 g/mol. The van der Waals surface area contributed by atoms with Crippen LogP contribution in [0.5, 0.6) is 11.5 Å². The van der Waals surface area contributed by atoms with Crippen molar-refractivity contribution in [2.75, 3.05) is 25.7 Å². The summed E-state index contributed by atoms with van der Waals surface area (Å²) in [4.78, 5) is 38.3. The van der Waals surface area contributed by atoms with E-state index in [-0.39, 0.29) is 18.9 Å². The summed E-state index contributed by atoms with van der Waals surface area (Å²) >= 11 is 0. The molecule has 3 rings (SSSR count). The molecule has 0 aliphatic carbocycles. The first-order chi connectivity index (χ1) is 13.9. The zero-order valence-electron chi connectivity index (χ0n) is 16.1. The number of hydrogen-bond acceptors (Lipinski definition) is 5. The van der Waals surface area contributed by atoms with Crippen LogP contribution in [-0.4, -0.2) is 43.7 Å². The van der Waals surface area contributed by atoms with E-state index in [0.29, 0.717) is 22.7 Å². The van der Waals surface area contributed by atoms with E-state index >= 15 is 0 Å². The van der Waals surface area contributed by atoms with Gasteiger partial charge in [0.2, 0.25) is 11.8 Å². The Morgan fingerprint density at radius 2 is 1.59 bits per heavy atom. The summed E-state index contributed by atoms with van der Waals surface area (Å²) < 4.78 is 10.2. The molecule has 2 N–H and O–H groups in total. The lowest BCUT2D eigenvalue weighted by Crippen LogP contribution is -2.38. The van der Waals surface area contributed by atoms with Gasteiger partial charge in [0.1, 0.15) is 11.5 Å². The standard InChI is InChI=1S/C21H22N2O6/c1-28-16-7-3-13(4-8-16)19(21(26)27)22-20(25)14-11-18(24)23(12-14)15-5-9-17(29-2)10-6-15/h3-10,14,19H,11-12H2,1-2H3,(H,22,25)(H,26,27). The topological polar surface area (TPSA) is 105 Å². The summed E-state index contributed by atoms with van der Waals surface area (Å²) in [6.07, 6.45) is 0.0206. The number of aliphatic carboxylic acids is 1. The number of anilines is 1. The number of nitrogens with zero attached hydrogens (tertiary/aromatic N) is 1. The number of nitrogens with one attached hydrogen (secondary N) is 1. The van der Waals surface area contributed by atoms with Gasteiger partial charge in [-0.25, -0.2) is 4.79 Å². The van der Waals surface area contributed by atoms with Crippen LogP contribution in [0.4, 0.5) is 5.69 Å². The molecular formula is C21H22N2O6. The van der Waals surface area contributed by atoms with Crippen molar-refractivity contribution < 1.29 is 29.0 Å². The van der Waals surface area contributed by atoms with Crippen LogP contribution in [0.2, 0.25) is 0 Å². The number of hydrogen-bond donors (Lipinski definition) is 2. The average Bonchev–Trinajstić information content (AvgIpc) is 3.13. The van der Waals surface area contributed by atoms with Gasteiger partial charge in [0, 0.05) is 18.7 Å². The first-order valence-corrected chi connectivity index (χ1v) is 9.04. The fourth-order valence-electron chi connectivity index (χ4n) is 3.24. The molecule has 2 aromatic rings. The predicted molar refractivity (Wildman–Crippen MR) is 105 cm³/mol. The molecule has 0 spiro atoms. The van der Waals surface area contributed by atoms with Crippen molar-refractivity contribution in [3.63, 3.8) is 0 Å². The van der Waals surface area contributed by atoms with Crippen molar-refractivity contribution in [1.29, 1.82) is 0 Å². The number of benzene rings is 2. The lowest BCUT2D eigenvalue weighted by Gasteiger charge is -2.19. The van der Waals surface area contributed by atoms with Gasteiger partial charge in [-0.3, -0.25) is 9.59 Å². The van der Waals surface area contributed by atoms with Gasteiger partial charge in [-0.1, -0.05) is 12.1 Å². The molecule has 0 radical (unpaired) electrons. The second-order valence-corrected chi connectivity index (χ2v) is 6.66.